The van der Waals surface area contributed by atoms with Gasteiger partial charge >= 0.3 is 0 Å². The molecular formula is C19H19N5S. The number of hydrogen-bond donors (Lipinski definition) is 3. The molecule has 3 rings (SSSR count). The summed E-state index contributed by atoms with van der Waals surface area (Å²) in [7, 11) is 0. The lowest BCUT2D eigenvalue weighted by atomic mass is 10.2. The Morgan fingerprint density at radius 2 is 1.80 bits per heavy atom. The van der Waals surface area contributed by atoms with Crippen LogP contribution in [0.4, 0.5) is 17.2 Å². The fraction of sp³-hybridized carbons (Fsp3) is 0.105. The van der Waals surface area contributed by atoms with Crippen LogP contribution in [0.1, 0.15) is 11.1 Å². The highest BCUT2D eigenvalue weighted by Crippen LogP contribution is 2.16. The van der Waals surface area contributed by atoms with Crippen LogP contribution in [0.15, 0.2) is 67.1 Å². The Labute approximate surface area is 152 Å². The summed E-state index contributed by atoms with van der Waals surface area (Å²) in [4.78, 5) is 8.47. The van der Waals surface area contributed by atoms with Crippen molar-refractivity contribution in [1.29, 1.82) is 0 Å². The Hall–Kier alpha value is -2.99. The Morgan fingerprint density at radius 3 is 2.48 bits per heavy atom. The van der Waals surface area contributed by atoms with Gasteiger partial charge in [0.25, 0.3) is 0 Å². The Kier molecular flexibility index (Phi) is 5.53. The first-order chi connectivity index (χ1) is 12.2. The number of benzene rings is 1. The molecule has 5 nitrogen and oxygen atoms in total. The molecule has 2 aromatic heterocycles. The lowest BCUT2D eigenvalue weighted by Crippen LogP contribution is -2.27. The van der Waals surface area contributed by atoms with E-state index < -0.39 is 0 Å². The summed E-state index contributed by atoms with van der Waals surface area (Å²) in [5, 5.41) is 10.1. The van der Waals surface area contributed by atoms with E-state index in [1.165, 1.54) is 5.56 Å². The molecule has 0 fully saturated rings. The summed E-state index contributed by atoms with van der Waals surface area (Å²) in [6.45, 7) is 2.69. The van der Waals surface area contributed by atoms with Crippen LogP contribution in [0, 0.1) is 6.92 Å². The van der Waals surface area contributed by atoms with E-state index in [-0.39, 0.29) is 0 Å². The van der Waals surface area contributed by atoms with Crippen LogP contribution in [-0.2, 0) is 6.54 Å². The fourth-order valence-corrected chi connectivity index (χ4v) is 2.38. The third-order valence-corrected chi connectivity index (χ3v) is 3.77. The first-order valence-electron chi connectivity index (χ1n) is 7.92. The molecule has 3 aromatic rings. The van der Waals surface area contributed by atoms with Crippen molar-refractivity contribution in [2.45, 2.75) is 13.5 Å². The largest absolute Gasteiger partial charge is 0.358 e. The minimum absolute atomic E-state index is 0.546. The molecule has 0 amide bonds. The predicted molar refractivity (Wildman–Crippen MR) is 106 cm³/mol. The molecule has 1 aromatic carbocycles. The van der Waals surface area contributed by atoms with E-state index >= 15 is 0 Å². The van der Waals surface area contributed by atoms with Gasteiger partial charge in [-0.15, -0.1) is 0 Å². The first-order valence-corrected chi connectivity index (χ1v) is 8.33. The molecule has 0 aliphatic carbocycles. The number of nitrogens with one attached hydrogen (secondary N) is 3. The SMILES string of the molecule is Cc1ccc(Nc2ccc(NC(=S)NCc3cccnc3)cn2)cc1. The van der Waals surface area contributed by atoms with E-state index in [2.05, 4.69) is 45.0 Å². The number of rotatable bonds is 5. The normalized spacial score (nSPS) is 10.1. The number of thiocarbonyl (C=S) groups is 1. The van der Waals surface area contributed by atoms with Crippen LogP contribution in [0.3, 0.4) is 0 Å². The van der Waals surface area contributed by atoms with Crippen LogP contribution < -0.4 is 16.0 Å². The Bertz CT molecular complexity index is 817. The lowest BCUT2D eigenvalue weighted by Gasteiger charge is -2.11. The zero-order valence-corrected chi connectivity index (χ0v) is 14.7. The zero-order valence-electron chi connectivity index (χ0n) is 13.9. The Morgan fingerprint density at radius 1 is 1.00 bits per heavy atom. The molecule has 0 bridgehead atoms. The summed E-state index contributed by atoms with van der Waals surface area (Å²) in [5.74, 6) is 0.781. The highest BCUT2D eigenvalue weighted by atomic mass is 32.1. The van der Waals surface area contributed by atoms with Gasteiger partial charge in [-0.25, -0.2) is 4.98 Å². The molecular weight excluding hydrogens is 330 g/mol. The topological polar surface area (TPSA) is 61.9 Å². The van der Waals surface area contributed by atoms with Crippen molar-refractivity contribution in [3.8, 4) is 0 Å². The van der Waals surface area contributed by atoms with E-state index in [1.54, 1.807) is 12.4 Å². The molecule has 6 heteroatoms. The third-order valence-electron chi connectivity index (χ3n) is 3.52. The smallest absolute Gasteiger partial charge is 0.171 e. The summed E-state index contributed by atoms with van der Waals surface area (Å²) in [6.07, 6.45) is 5.30. The van der Waals surface area contributed by atoms with Crippen LogP contribution in [0.2, 0.25) is 0 Å². The zero-order chi connectivity index (χ0) is 17.5. The molecule has 0 atom stereocenters. The number of aryl methyl sites for hydroxylation is 1. The Balaban J connectivity index is 1.51. The van der Waals surface area contributed by atoms with Crippen molar-refractivity contribution in [3.63, 3.8) is 0 Å². The quantitative estimate of drug-likeness (QED) is 0.605. The van der Waals surface area contributed by atoms with E-state index in [4.69, 9.17) is 12.2 Å². The van der Waals surface area contributed by atoms with E-state index in [9.17, 15) is 0 Å². The van der Waals surface area contributed by atoms with E-state index in [0.29, 0.717) is 11.7 Å². The van der Waals surface area contributed by atoms with Crippen molar-refractivity contribution >= 4 is 34.5 Å². The second-order valence-electron chi connectivity index (χ2n) is 5.59. The fourth-order valence-electron chi connectivity index (χ4n) is 2.19. The van der Waals surface area contributed by atoms with Crippen LogP contribution in [0.5, 0.6) is 0 Å². The molecule has 0 spiro atoms. The van der Waals surface area contributed by atoms with Gasteiger partial charge in [0.2, 0.25) is 0 Å². The van der Waals surface area contributed by atoms with Gasteiger partial charge in [0, 0.05) is 24.6 Å². The number of anilines is 3. The van der Waals surface area contributed by atoms with Gasteiger partial charge in [-0.3, -0.25) is 4.98 Å². The summed E-state index contributed by atoms with van der Waals surface area (Å²) < 4.78 is 0. The van der Waals surface area contributed by atoms with Gasteiger partial charge in [0.1, 0.15) is 5.82 Å². The van der Waals surface area contributed by atoms with Crippen LogP contribution >= 0.6 is 12.2 Å². The molecule has 3 N–H and O–H groups in total. The monoisotopic (exact) mass is 349 g/mol. The lowest BCUT2D eigenvalue weighted by molar-refractivity contribution is 0.916. The molecule has 0 aliphatic rings. The molecule has 0 saturated carbocycles. The minimum Gasteiger partial charge on any atom is -0.358 e. The van der Waals surface area contributed by atoms with Crippen LogP contribution in [-0.4, -0.2) is 15.1 Å². The predicted octanol–water partition coefficient (Wildman–Crippen LogP) is 4.02. The van der Waals surface area contributed by atoms with Crippen molar-refractivity contribution < 1.29 is 0 Å². The maximum absolute atomic E-state index is 5.30. The van der Waals surface area contributed by atoms with Gasteiger partial charge in [0.05, 0.1) is 11.9 Å². The van der Waals surface area contributed by atoms with Gasteiger partial charge < -0.3 is 16.0 Å². The molecule has 0 radical (unpaired) electrons. The highest BCUT2D eigenvalue weighted by molar-refractivity contribution is 7.80. The van der Waals surface area contributed by atoms with E-state index in [0.717, 1.165) is 22.8 Å². The molecule has 25 heavy (non-hydrogen) atoms. The summed E-state index contributed by atoms with van der Waals surface area (Å²) in [6, 6.07) is 15.9. The summed E-state index contributed by atoms with van der Waals surface area (Å²) in [5.41, 5.74) is 4.14. The van der Waals surface area contributed by atoms with Gasteiger partial charge in [-0.1, -0.05) is 23.8 Å². The van der Waals surface area contributed by atoms with Crippen molar-refractivity contribution in [2.75, 3.05) is 10.6 Å². The second kappa shape index (κ2) is 8.21. The average Bonchev–Trinajstić information content (AvgIpc) is 2.64. The minimum atomic E-state index is 0.546. The van der Waals surface area contributed by atoms with Crippen molar-refractivity contribution in [1.82, 2.24) is 15.3 Å². The number of pyridine rings is 2. The first kappa shape index (κ1) is 16.9. The molecule has 0 unspecified atom stereocenters. The van der Waals surface area contributed by atoms with Crippen LogP contribution in [0.25, 0.3) is 0 Å². The van der Waals surface area contributed by atoms with Gasteiger partial charge in [-0.2, -0.15) is 0 Å². The number of aromatic nitrogens is 2. The highest BCUT2D eigenvalue weighted by Gasteiger charge is 2.00. The number of hydrogen-bond acceptors (Lipinski definition) is 4. The second-order valence-corrected chi connectivity index (χ2v) is 6.00. The molecule has 0 aliphatic heterocycles. The molecule has 126 valence electrons. The average molecular weight is 349 g/mol. The van der Waals surface area contributed by atoms with Gasteiger partial charge in [0.15, 0.2) is 5.11 Å². The molecule has 2 heterocycles. The van der Waals surface area contributed by atoms with E-state index in [1.807, 2.05) is 42.6 Å². The van der Waals surface area contributed by atoms with Crippen molar-refractivity contribution in [2.24, 2.45) is 0 Å². The van der Waals surface area contributed by atoms with Gasteiger partial charge in [-0.05, 0) is 55.0 Å². The third kappa shape index (κ3) is 5.26. The molecule has 0 saturated heterocycles. The summed E-state index contributed by atoms with van der Waals surface area (Å²) >= 11 is 5.30. The standard InChI is InChI=1S/C19H19N5S/c1-14-4-6-16(7-5-14)23-18-9-8-17(13-21-18)24-19(25)22-12-15-3-2-10-20-11-15/h2-11,13H,12H2,1H3,(H,21,23)(H2,22,24,25). The maximum Gasteiger partial charge on any atom is 0.171 e. The maximum atomic E-state index is 5.30. The van der Waals surface area contributed by atoms with Crippen molar-refractivity contribution in [3.05, 3.63) is 78.2 Å². The number of nitrogens with zero attached hydrogens (tertiary/aromatic N) is 2.